The van der Waals surface area contributed by atoms with Crippen LogP contribution in [0.25, 0.3) is 0 Å². The van der Waals surface area contributed by atoms with Crippen LogP contribution < -0.4 is 10.1 Å². The second kappa shape index (κ2) is 6.01. The van der Waals surface area contributed by atoms with E-state index in [0.29, 0.717) is 11.8 Å². The van der Waals surface area contributed by atoms with Crippen LogP contribution in [0.15, 0.2) is 24.3 Å². The summed E-state index contributed by atoms with van der Waals surface area (Å²) in [5.41, 5.74) is 0. The second-order valence-corrected chi connectivity index (χ2v) is 4.65. The van der Waals surface area contributed by atoms with E-state index in [1.807, 2.05) is 13.1 Å². The number of nitrogens with one attached hydrogen (secondary N) is 1. The Labute approximate surface area is 102 Å². The Hall–Kier alpha value is -1.09. The fraction of sp³-hybridized carbons (Fsp3) is 0.571. The number of likely N-dealkylation sites (N-methyl/N-ethyl adjacent to an activating group) is 1. The van der Waals surface area contributed by atoms with E-state index in [1.165, 1.54) is 31.4 Å². The zero-order valence-corrected chi connectivity index (χ0v) is 10.3. The third-order valence-corrected chi connectivity index (χ3v) is 3.41. The van der Waals surface area contributed by atoms with Crippen LogP contribution in [0.3, 0.4) is 0 Å². The van der Waals surface area contributed by atoms with Crippen LogP contribution >= 0.6 is 0 Å². The minimum absolute atomic E-state index is 0.157. The molecule has 0 aromatic heterocycles. The van der Waals surface area contributed by atoms with Gasteiger partial charge in [0.1, 0.15) is 17.7 Å². The Morgan fingerprint density at radius 2 is 2.06 bits per heavy atom. The van der Waals surface area contributed by atoms with Crippen LogP contribution in [0.5, 0.6) is 5.75 Å². The highest BCUT2D eigenvalue weighted by molar-refractivity contribution is 5.22. The SMILES string of the molecule is CNC1CCCCCC1Oc1cccc(F)c1. The molecule has 1 aromatic rings. The fourth-order valence-corrected chi connectivity index (χ4v) is 2.46. The van der Waals surface area contributed by atoms with E-state index in [2.05, 4.69) is 5.32 Å². The molecule has 0 bridgehead atoms. The lowest BCUT2D eigenvalue weighted by molar-refractivity contribution is 0.148. The molecule has 94 valence electrons. The predicted molar refractivity (Wildman–Crippen MR) is 66.7 cm³/mol. The van der Waals surface area contributed by atoms with Gasteiger partial charge in [-0.05, 0) is 38.4 Å². The van der Waals surface area contributed by atoms with Crippen molar-refractivity contribution in [1.29, 1.82) is 0 Å². The predicted octanol–water partition coefficient (Wildman–Crippen LogP) is 3.13. The number of hydrogen-bond acceptors (Lipinski definition) is 2. The van der Waals surface area contributed by atoms with Crippen LogP contribution in [0.4, 0.5) is 4.39 Å². The first-order chi connectivity index (χ1) is 8.29. The average molecular weight is 237 g/mol. The first kappa shape index (κ1) is 12.4. The molecule has 2 nitrogen and oxygen atoms in total. The molecule has 1 aromatic carbocycles. The van der Waals surface area contributed by atoms with Crippen molar-refractivity contribution in [3.05, 3.63) is 30.1 Å². The average Bonchev–Trinajstić information content (AvgIpc) is 2.54. The van der Waals surface area contributed by atoms with E-state index in [0.717, 1.165) is 12.8 Å². The normalized spacial score (nSPS) is 25.3. The second-order valence-electron chi connectivity index (χ2n) is 4.65. The lowest BCUT2D eigenvalue weighted by Gasteiger charge is -2.25. The number of halogens is 1. The zero-order chi connectivity index (χ0) is 12.1. The molecule has 1 aliphatic rings. The van der Waals surface area contributed by atoms with Crippen molar-refractivity contribution >= 4 is 0 Å². The Kier molecular flexibility index (Phi) is 4.37. The molecule has 0 aliphatic heterocycles. The molecule has 1 aliphatic carbocycles. The number of ether oxygens (including phenoxy) is 1. The van der Waals surface area contributed by atoms with Crippen molar-refractivity contribution in [3.8, 4) is 5.75 Å². The summed E-state index contributed by atoms with van der Waals surface area (Å²) in [6.07, 6.45) is 6.04. The monoisotopic (exact) mass is 237 g/mol. The van der Waals surface area contributed by atoms with Gasteiger partial charge in [-0.3, -0.25) is 0 Å². The van der Waals surface area contributed by atoms with Crippen molar-refractivity contribution in [2.24, 2.45) is 0 Å². The van der Waals surface area contributed by atoms with Gasteiger partial charge in [0.05, 0.1) is 0 Å². The zero-order valence-electron chi connectivity index (χ0n) is 10.3. The van der Waals surface area contributed by atoms with Crippen molar-refractivity contribution in [1.82, 2.24) is 5.32 Å². The summed E-state index contributed by atoms with van der Waals surface area (Å²) >= 11 is 0. The van der Waals surface area contributed by atoms with Crippen LogP contribution in [0, 0.1) is 5.82 Å². The third-order valence-electron chi connectivity index (χ3n) is 3.41. The summed E-state index contributed by atoms with van der Waals surface area (Å²) in [7, 11) is 1.97. The fourth-order valence-electron chi connectivity index (χ4n) is 2.46. The van der Waals surface area contributed by atoms with Gasteiger partial charge in [0.25, 0.3) is 0 Å². The first-order valence-corrected chi connectivity index (χ1v) is 6.39. The molecule has 17 heavy (non-hydrogen) atoms. The molecule has 1 saturated carbocycles. The van der Waals surface area contributed by atoms with E-state index in [9.17, 15) is 4.39 Å². The highest BCUT2D eigenvalue weighted by Crippen LogP contribution is 2.23. The van der Waals surface area contributed by atoms with Crippen LogP contribution in [0.1, 0.15) is 32.1 Å². The minimum atomic E-state index is -0.239. The third kappa shape index (κ3) is 3.43. The largest absolute Gasteiger partial charge is 0.489 e. The molecule has 0 saturated heterocycles. The lowest BCUT2D eigenvalue weighted by atomic mass is 10.1. The Morgan fingerprint density at radius 1 is 1.24 bits per heavy atom. The summed E-state index contributed by atoms with van der Waals surface area (Å²) in [5, 5.41) is 3.31. The van der Waals surface area contributed by atoms with E-state index in [4.69, 9.17) is 4.74 Å². The molecule has 1 fully saturated rings. The molecule has 2 atom stereocenters. The maximum absolute atomic E-state index is 13.1. The van der Waals surface area contributed by atoms with Gasteiger partial charge in [-0.25, -0.2) is 4.39 Å². The molecule has 2 unspecified atom stereocenters. The van der Waals surface area contributed by atoms with Gasteiger partial charge in [-0.2, -0.15) is 0 Å². The topological polar surface area (TPSA) is 21.3 Å². The molecular weight excluding hydrogens is 217 g/mol. The number of hydrogen-bond donors (Lipinski definition) is 1. The van der Waals surface area contributed by atoms with Gasteiger partial charge < -0.3 is 10.1 Å². The van der Waals surface area contributed by atoms with Crippen molar-refractivity contribution < 1.29 is 9.13 Å². The first-order valence-electron chi connectivity index (χ1n) is 6.39. The van der Waals surface area contributed by atoms with E-state index in [1.54, 1.807) is 6.07 Å². The van der Waals surface area contributed by atoms with Gasteiger partial charge in [0, 0.05) is 12.1 Å². The minimum Gasteiger partial charge on any atom is -0.489 e. The number of benzene rings is 1. The molecule has 3 heteroatoms. The molecule has 0 spiro atoms. The summed E-state index contributed by atoms with van der Waals surface area (Å²) in [6.45, 7) is 0. The Bertz CT molecular complexity index is 356. The molecule has 0 amide bonds. The summed E-state index contributed by atoms with van der Waals surface area (Å²) in [5.74, 6) is 0.397. The molecule has 1 N–H and O–H groups in total. The highest BCUT2D eigenvalue weighted by atomic mass is 19.1. The summed E-state index contributed by atoms with van der Waals surface area (Å²) < 4.78 is 19.0. The standard InChI is InChI=1S/C14H20FNO/c1-16-13-8-3-2-4-9-14(13)17-12-7-5-6-11(15)10-12/h5-7,10,13-14,16H,2-4,8-9H2,1H3. The van der Waals surface area contributed by atoms with Gasteiger partial charge in [-0.1, -0.05) is 18.9 Å². The smallest absolute Gasteiger partial charge is 0.126 e. The van der Waals surface area contributed by atoms with E-state index < -0.39 is 0 Å². The molecule has 2 rings (SSSR count). The van der Waals surface area contributed by atoms with Gasteiger partial charge >= 0.3 is 0 Å². The molecular formula is C14H20FNO. The maximum Gasteiger partial charge on any atom is 0.126 e. The quantitative estimate of drug-likeness (QED) is 0.815. The van der Waals surface area contributed by atoms with Crippen LogP contribution in [-0.4, -0.2) is 19.2 Å². The van der Waals surface area contributed by atoms with Crippen molar-refractivity contribution in [2.75, 3.05) is 7.05 Å². The molecule has 0 heterocycles. The Morgan fingerprint density at radius 3 is 2.82 bits per heavy atom. The van der Waals surface area contributed by atoms with Crippen LogP contribution in [0.2, 0.25) is 0 Å². The van der Waals surface area contributed by atoms with Crippen molar-refractivity contribution in [2.45, 2.75) is 44.2 Å². The number of rotatable bonds is 3. The lowest BCUT2D eigenvalue weighted by Crippen LogP contribution is -2.40. The van der Waals surface area contributed by atoms with E-state index in [-0.39, 0.29) is 11.9 Å². The van der Waals surface area contributed by atoms with Gasteiger partial charge in [0.15, 0.2) is 0 Å². The van der Waals surface area contributed by atoms with Crippen molar-refractivity contribution in [3.63, 3.8) is 0 Å². The van der Waals surface area contributed by atoms with Gasteiger partial charge in [-0.15, -0.1) is 0 Å². The van der Waals surface area contributed by atoms with E-state index >= 15 is 0 Å². The van der Waals surface area contributed by atoms with Crippen LogP contribution in [-0.2, 0) is 0 Å². The maximum atomic E-state index is 13.1. The Balaban J connectivity index is 2.04. The highest BCUT2D eigenvalue weighted by Gasteiger charge is 2.23. The summed E-state index contributed by atoms with van der Waals surface area (Å²) in [4.78, 5) is 0. The summed E-state index contributed by atoms with van der Waals surface area (Å²) in [6, 6.07) is 6.78. The van der Waals surface area contributed by atoms with Gasteiger partial charge in [0.2, 0.25) is 0 Å². The molecule has 0 radical (unpaired) electrons.